The molecule has 2 aromatic heterocycles. The Morgan fingerprint density at radius 1 is 0.974 bits per heavy atom. The van der Waals surface area contributed by atoms with Gasteiger partial charge in [0.05, 0.1) is 11.4 Å². The lowest BCUT2D eigenvalue weighted by Gasteiger charge is -2.14. The molecule has 0 radical (unpaired) electrons. The van der Waals surface area contributed by atoms with E-state index < -0.39 is 6.03 Å². The van der Waals surface area contributed by atoms with E-state index in [9.17, 15) is 9.59 Å². The number of nitrogens with zero attached hydrogens (tertiary/aromatic N) is 3. The summed E-state index contributed by atoms with van der Waals surface area (Å²) in [6.45, 7) is 8.04. The molecular weight excluding hydrogens is 504 g/mol. The zero-order valence-electron chi connectivity index (χ0n) is 21.8. The minimum absolute atomic E-state index is 0.215. The maximum absolute atomic E-state index is 12.9. The van der Waals surface area contributed by atoms with Crippen LogP contribution in [-0.2, 0) is 5.41 Å². The molecule has 0 fully saturated rings. The number of hydrogen-bond acceptors (Lipinski definition) is 5. The van der Waals surface area contributed by atoms with Crippen molar-refractivity contribution in [3.8, 4) is 17.2 Å². The summed E-state index contributed by atoms with van der Waals surface area (Å²) >= 11 is 6.05. The van der Waals surface area contributed by atoms with Gasteiger partial charge in [-0.05, 0) is 61.0 Å². The van der Waals surface area contributed by atoms with Gasteiger partial charge in [0.25, 0.3) is 5.91 Å². The van der Waals surface area contributed by atoms with E-state index in [1.54, 1.807) is 54.2 Å². The monoisotopic (exact) mass is 532 g/mol. The molecule has 0 bridgehead atoms. The Kier molecular flexibility index (Phi) is 7.68. The molecule has 0 atom stereocenters. The second-order valence-corrected chi connectivity index (χ2v) is 10.1. The van der Waals surface area contributed by atoms with E-state index in [0.29, 0.717) is 28.0 Å². The lowest BCUT2D eigenvalue weighted by molar-refractivity contribution is 0.0958. The Morgan fingerprint density at radius 3 is 2.37 bits per heavy atom. The van der Waals surface area contributed by atoms with Crippen LogP contribution in [0, 0.1) is 6.92 Å². The maximum atomic E-state index is 12.9. The van der Waals surface area contributed by atoms with Crippen molar-refractivity contribution in [3.63, 3.8) is 0 Å². The molecule has 0 saturated carbocycles. The van der Waals surface area contributed by atoms with Crippen molar-refractivity contribution in [1.82, 2.24) is 20.1 Å². The first-order valence-corrected chi connectivity index (χ1v) is 12.3. The van der Waals surface area contributed by atoms with Crippen LogP contribution in [0.3, 0.4) is 0 Å². The predicted octanol–water partition coefficient (Wildman–Crippen LogP) is 6.32. The van der Waals surface area contributed by atoms with Gasteiger partial charge in [-0.25, -0.2) is 9.48 Å². The number of carbonyl (C=O) groups is 2. The molecule has 3 N–H and O–H groups in total. The molecule has 196 valence electrons. The van der Waals surface area contributed by atoms with Crippen LogP contribution in [0.1, 0.15) is 42.5 Å². The van der Waals surface area contributed by atoms with Gasteiger partial charge in [0, 0.05) is 41.5 Å². The van der Waals surface area contributed by atoms with Crippen LogP contribution < -0.4 is 20.7 Å². The number of carbonyl (C=O) groups excluding carboxylic acids is 2. The highest BCUT2D eigenvalue weighted by molar-refractivity contribution is 6.30. The lowest BCUT2D eigenvalue weighted by Crippen LogP contribution is -2.21. The summed E-state index contributed by atoms with van der Waals surface area (Å²) in [7, 11) is 1.54. The van der Waals surface area contributed by atoms with E-state index in [0.717, 1.165) is 16.9 Å². The molecule has 10 heteroatoms. The standard InChI is InChI=1S/C28H29ClN6O3/c1-17-14-19(8-11-23(17)38-21-12-13-31-22(15-21)26(36)30-5)32-27(37)33-25-16-24(28(2,3)4)34-35(25)20-9-6-18(29)7-10-20/h6-16H,1-5H3,(H,30,36)(H2,32,33,37). The third-order valence-corrected chi connectivity index (χ3v) is 5.89. The number of rotatable bonds is 6. The van der Waals surface area contributed by atoms with Gasteiger partial charge in [0.2, 0.25) is 0 Å². The number of ether oxygens (including phenoxy) is 1. The van der Waals surface area contributed by atoms with E-state index in [1.807, 2.05) is 25.1 Å². The van der Waals surface area contributed by atoms with Crippen molar-refractivity contribution >= 4 is 35.0 Å². The van der Waals surface area contributed by atoms with Gasteiger partial charge in [0.15, 0.2) is 0 Å². The molecule has 2 heterocycles. The quantitative estimate of drug-likeness (QED) is 0.269. The molecule has 0 spiro atoms. The van der Waals surface area contributed by atoms with Gasteiger partial charge >= 0.3 is 6.03 Å². The second kappa shape index (κ2) is 10.9. The molecule has 0 aliphatic rings. The first-order valence-electron chi connectivity index (χ1n) is 11.9. The smallest absolute Gasteiger partial charge is 0.324 e. The summed E-state index contributed by atoms with van der Waals surface area (Å²) in [5.41, 5.74) is 3.02. The highest BCUT2D eigenvalue weighted by atomic mass is 35.5. The summed E-state index contributed by atoms with van der Waals surface area (Å²) in [6, 6.07) is 17.2. The summed E-state index contributed by atoms with van der Waals surface area (Å²) in [5.74, 6) is 1.28. The Hall–Kier alpha value is -4.37. The van der Waals surface area contributed by atoms with Crippen LogP contribution in [0.5, 0.6) is 11.5 Å². The van der Waals surface area contributed by atoms with Crippen LogP contribution in [0.2, 0.25) is 5.02 Å². The van der Waals surface area contributed by atoms with Crippen molar-refractivity contribution in [3.05, 3.63) is 88.8 Å². The number of anilines is 2. The van der Waals surface area contributed by atoms with Crippen molar-refractivity contribution in [1.29, 1.82) is 0 Å². The molecule has 9 nitrogen and oxygen atoms in total. The number of urea groups is 1. The third kappa shape index (κ3) is 6.30. The molecule has 0 aliphatic carbocycles. The summed E-state index contributed by atoms with van der Waals surface area (Å²) in [4.78, 5) is 28.8. The molecule has 0 aliphatic heterocycles. The third-order valence-electron chi connectivity index (χ3n) is 5.64. The Morgan fingerprint density at radius 2 is 1.71 bits per heavy atom. The molecule has 4 rings (SSSR count). The van der Waals surface area contributed by atoms with E-state index in [1.165, 1.54) is 6.20 Å². The van der Waals surface area contributed by atoms with Gasteiger partial charge in [-0.1, -0.05) is 32.4 Å². The lowest BCUT2D eigenvalue weighted by atomic mass is 9.92. The number of benzene rings is 2. The van der Waals surface area contributed by atoms with Crippen molar-refractivity contribution in [2.75, 3.05) is 17.7 Å². The molecule has 2 aromatic carbocycles. The minimum Gasteiger partial charge on any atom is -0.457 e. The maximum Gasteiger partial charge on any atom is 0.324 e. The largest absolute Gasteiger partial charge is 0.457 e. The fraction of sp³-hybridized carbons (Fsp3) is 0.214. The zero-order valence-corrected chi connectivity index (χ0v) is 22.6. The molecule has 4 aromatic rings. The van der Waals surface area contributed by atoms with Crippen LogP contribution >= 0.6 is 11.6 Å². The van der Waals surface area contributed by atoms with Gasteiger partial charge in [-0.3, -0.25) is 15.1 Å². The van der Waals surface area contributed by atoms with Crippen LogP contribution in [-0.4, -0.2) is 33.8 Å². The Balaban J connectivity index is 1.50. The topological polar surface area (TPSA) is 110 Å². The Labute approximate surface area is 226 Å². The van der Waals surface area contributed by atoms with Crippen LogP contribution in [0.15, 0.2) is 66.9 Å². The summed E-state index contributed by atoms with van der Waals surface area (Å²) < 4.78 is 7.62. The number of halogens is 1. The van der Waals surface area contributed by atoms with Gasteiger partial charge in [-0.15, -0.1) is 0 Å². The number of pyridine rings is 1. The molecule has 0 saturated heterocycles. The fourth-order valence-corrected chi connectivity index (χ4v) is 3.72. The number of amides is 3. The first-order chi connectivity index (χ1) is 18.0. The highest BCUT2D eigenvalue weighted by Crippen LogP contribution is 2.29. The second-order valence-electron chi connectivity index (χ2n) is 9.67. The van der Waals surface area contributed by atoms with Gasteiger partial charge in [-0.2, -0.15) is 5.10 Å². The summed E-state index contributed by atoms with van der Waals surface area (Å²) in [6.07, 6.45) is 1.51. The van der Waals surface area contributed by atoms with E-state index >= 15 is 0 Å². The number of aromatic nitrogens is 3. The average molecular weight is 533 g/mol. The van der Waals surface area contributed by atoms with Crippen LogP contribution in [0.4, 0.5) is 16.3 Å². The SMILES string of the molecule is CNC(=O)c1cc(Oc2ccc(NC(=O)Nc3cc(C(C)(C)C)nn3-c3ccc(Cl)cc3)cc2C)ccn1. The van der Waals surface area contributed by atoms with Crippen LogP contribution in [0.25, 0.3) is 5.69 Å². The van der Waals surface area contributed by atoms with Gasteiger partial charge < -0.3 is 15.4 Å². The Bertz CT molecular complexity index is 1470. The normalized spacial score (nSPS) is 11.1. The minimum atomic E-state index is -0.419. The highest BCUT2D eigenvalue weighted by Gasteiger charge is 2.21. The van der Waals surface area contributed by atoms with Crippen molar-refractivity contribution < 1.29 is 14.3 Å². The first kappa shape index (κ1) is 26.7. The van der Waals surface area contributed by atoms with Crippen molar-refractivity contribution in [2.24, 2.45) is 0 Å². The van der Waals surface area contributed by atoms with E-state index in [2.05, 4.69) is 41.7 Å². The summed E-state index contributed by atoms with van der Waals surface area (Å²) in [5, 5.41) is 13.6. The molecule has 38 heavy (non-hydrogen) atoms. The molecule has 3 amide bonds. The van der Waals surface area contributed by atoms with Gasteiger partial charge in [0.1, 0.15) is 23.0 Å². The predicted molar refractivity (Wildman–Crippen MR) is 149 cm³/mol. The zero-order chi connectivity index (χ0) is 27.4. The number of nitrogens with one attached hydrogen (secondary N) is 3. The number of aryl methyl sites for hydroxylation is 1. The number of hydrogen-bond donors (Lipinski definition) is 3. The molecular formula is C28H29ClN6O3. The van der Waals surface area contributed by atoms with E-state index in [4.69, 9.17) is 21.4 Å². The van der Waals surface area contributed by atoms with Crippen molar-refractivity contribution in [2.45, 2.75) is 33.1 Å². The van der Waals surface area contributed by atoms with E-state index in [-0.39, 0.29) is 17.0 Å². The average Bonchev–Trinajstić information content (AvgIpc) is 3.30. The molecule has 0 unspecified atom stereocenters. The fourth-order valence-electron chi connectivity index (χ4n) is 3.59.